The summed E-state index contributed by atoms with van der Waals surface area (Å²) < 4.78 is 1.20. The van der Waals surface area contributed by atoms with Crippen molar-refractivity contribution < 1.29 is 75.5 Å². The topological polar surface area (TPSA) is 40.5 Å². The fourth-order valence-corrected chi connectivity index (χ4v) is 7.79. The smallest absolute Gasteiger partial charge is 0.427 e. The standard InChI is InChI=1S/C16H14.C15H11Br.2C12H8.8C2H6.CH5BO2.2Y/c1-11-13-7-3-5-9-15(13)12(2)16-10-6-4-8-14(11)16;1-10-11-6-2-4-8-13(11)15(16)14-9-5-3-7-12(10)14;2*1-3-7-11(8-4-1)12-9-5-2-6-10-12;8*1-2;1-2(3)4;;/h3-10H,1-2H3;2-9H,1H3;2*1-7,9H;8*1-2H3;3-4H,1H3;;/q;;2*-2;;;;;;;;;;;. The van der Waals surface area contributed by atoms with Crippen LogP contribution >= 0.6 is 15.9 Å². The Morgan fingerprint density at radius 2 is 0.423 bits per heavy atom. The van der Waals surface area contributed by atoms with E-state index >= 15 is 0 Å². The van der Waals surface area contributed by atoms with E-state index in [0.29, 0.717) is 0 Å². The van der Waals surface area contributed by atoms with Crippen LogP contribution in [-0.2, 0) is 65.4 Å². The van der Waals surface area contributed by atoms with E-state index in [4.69, 9.17) is 10.0 Å². The summed E-state index contributed by atoms with van der Waals surface area (Å²) >= 11 is 3.72. The van der Waals surface area contributed by atoms with Crippen molar-refractivity contribution in [2.24, 2.45) is 0 Å². The predicted molar refractivity (Wildman–Crippen MR) is 351 cm³/mol. The molecule has 0 aromatic heterocycles. The minimum absolute atomic E-state index is 0. The summed E-state index contributed by atoms with van der Waals surface area (Å²) in [5.74, 6) is 0. The molecule has 0 aliphatic carbocycles. The van der Waals surface area contributed by atoms with Gasteiger partial charge in [-0.15, -0.1) is 24.3 Å². The zero-order valence-corrected chi connectivity index (χ0v) is 58.7. The maximum Gasteiger partial charge on any atom is 0.448 e. The van der Waals surface area contributed by atoms with Crippen molar-refractivity contribution in [3.63, 3.8) is 0 Å². The van der Waals surface area contributed by atoms with Crippen LogP contribution in [0.25, 0.3) is 65.3 Å². The fraction of sp³-hybridized carbons (Fsp3) is 0.278. The van der Waals surface area contributed by atoms with Crippen LogP contribution in [0.1, 0.15) is 127 Å². The number of benzene rings is 10. The van der Waals surface area contributed by atoms with E-state index in [1.165, 1.54) is 71.1 Å². The quantitative estimate of drug-likeness (QED) is 0.103. The van der Waals surface area contributed by atoms with Gasteiger partial charge >= 0.3 is 7.12 Å². The van der Waals surface area contributed by atoms with Crippen molar-refractivity contribution in [3.05, 3.63) is 240 Å². The first kappa shape index (κ1) is 82.7. The van der Waals surface area contributed by atoms with Crippen molar-refractivity contribution >= 4 is 66.1 Å². The normalized spacial score (nSPS) is 8.50. The first-order valence-electron chi connectivity index (χ1n) is 27.9. The maximum atomic E-state index is 7.61. The summed E-state index contributed by atoms with van der Waals surface area (Å²) in [5, 5.41) is 26.0. The van der Waals surface area contributed by atoms with Crippen LogP contribution in [0.5, 0.6) is 0 Å². The Kier molecular flexibility index (Phi) is 58.2. The molecular weight excluding hydrogens is 1170 g/mol. The average molecular weight is 1260 g/mol. The molecule has 10 aromatic carbocycles. The van der Waals surface area contributed by atoms with Crippen LogP contribution in [0.3, 0.4) is 0 Å². The first-order valence-corrected chi connectivity index (χ1v) is 28.7. The molecule has 78 heavy (non-hydrogen) atoms. The summed E-state index contributed by atoms with van der Waals surface area (Å²) in [6.45, 7) is 39.9. The van der Waals surface area contributed by atoms with E-state index in [-0.39, 0.29) is 65.4 Å². The Hall–Kier alpha value is -4.09. The third-order valence-electron chi connectivity index (χ3n) is 10.0. The summed E-state index contributed by atoms with van der Waals surface area (Å²) in [6.07, 6.45) is 0. The largest absolute Gasteiger partial charge is 0.448 e. The number of hydrogen-bond acceptors (Lipinski definition) is 2. The number of aryl methyl sites for hydroxylation is 3. The molecule has 0 saturated carbocycles. The van der Waals surface area contributed by atoms with Gasteiger partial charge in [0.2, 0.25) is 0 Å². The van der Waals surface area contributed by atoms with Crippen LogP contribution < -0.4 is 0 Å². The second kappa shape index (κ2) is 54.8. The molecule has 0 aliphatic rings. The van der Waals surface area contributed by atoms with E-state index in [2.05, 4.69) is 158 Å². The third-order valence-corrected chi connectivity index (χ3v) is 10.9. The van der Waals surface area contributed by atoms with E-state index in [0.717, 1.165) is 22.3 Å². The van der Waals surface area contributed by atoms with Gasteiger partial charge in [0.25, 0.3) is 0 Å². The van der Waals surface area contributed by atoms with Crippen molar-refractivity contribution in [2.75, 3.05) is 0 Å². The van der Waals surface area contributed by atoms with Crippen molar-refractivity contribution in [2.45, 2.75) is 138 Å². The second-order valence-corrected chi connectivity index (χ2v) is 14.9. The van der Waals surface area contributed by atoms with Gasteiger partial charge in [-0.2, -0.15) is 97.1 Å². The molecule has 0 fully saturated rings. The molecule has 6 heteroatoms. The number of rotatable bonds is 2. The van der Waals surface area contributed by atoms with Crippen molar-refractivity contribution in [1.29, 1.82) is 0 Å². The van der Waals surface area contributed by atoms with E-state index in [1.807, 2.05) is 208 Å². The van der Waals surface area contributed by atoms with Crippen molar-refractivity contribution in [3.8, 4) is 22.3 Å². The molecule has 2 radical (unpaired) electrons. The monoisotopic (exact) mass is 1260 g/mol. The molecule has 10 aromatic rings. The van der Waals surface area contributed by atoms with Crippen molar-refractivity contribution in [1.82, 2.24) is 0 Å². The van der Waals surface area contributed by atoms with Crippen LogP contribution in [-0.4, -0.2) is 17.2 Å². The van der Waals surface area contributed by atoms with Gasteiger partial charge in [-0.05, 0) is 103 Å². The van der Waals surface area contributed by atoms with Gasteiger partial charge in [0.05, 0.1) is 0 Å². The molecule has 0 aliphatic heterocycles. The summed E-state index contributed by atoms with van der Waals surface area (Å²) in [6, 6.07) is 78.6. The molecule has 0 heterocycles. The summed E-state index contributed by atoms with van der Waals surface area (Å²) in [4.78, 5) is 0. The van der Waals surface area contributed by atoms with Gasteiger partial charge in [0, 0.05) is 69.9 Å². The Morgan fingerprint density at radius 3 is 0.577 bits per heavy atom. The van der Waals surface area contributed by atoms with Crippen LogP contribution in [0.15, 0.2) is 199 Å². The molecule has 10 rings (SSSR count). The average Bonchev–Trinajstić information content (AvgIpc) is 3.53. The van der Waals surface area contributed by atoms with E-state index < -0.39 is 7.12 Å². The maximum absolute atomic E-state index is 7.61. The Balaban J connectivity index is -0.000000273. The molecular formula is C72H94BBrO2Y2-4. The minimum atomic E-state index is -1.17. The zero-order valence-electron chi connectivity index (χ0n) is 51.5. The van der Waals surface area contributed by atoms with Crippen LogP contribution in [0.4, 0.5) is 0 Å². The van der Waals surface area contributed by atoms with Gasteiger partial charge in [-0.25, -0.2) is 22.3 Å². The molecule has 0 spiro atoms. The van der Waals surface area contributed by atoms with Gasteiger partial charge in [-0.3, -0.25) is 0 Å². The van der Waals surface area contributed by atoms with Gasteiger partial charge < -0.3 is 10.0 Å². The van der Waals surface area contributed by atoms with E-state index in [1.54, 1.807) is 0 Å². The Bertz CT molecular complexity index is 2390. The predicted octanol–water partition coefficient (Wildman–Crippen LogP) is 22.9. The third kappa shape index (κ3) is 28.9. The number of halogens is 1. The molecule has 414 valence electrons. The molecule has 0 unspecified atom stereocenters. The molecule has 0 bridgehead atoms. The second-order valence-electron chi connectivity index (χ2n) is 14.1. The zero-order chi connectivity index (χ0) is 58.3. The Morgan fingerprint density at radius 1 is 0.282 bits per heavy atom. The molecule has 2 N–H and O–H groups in total. The van der Waals surface area contributed by atoms with Crippen LogP contribution in [0, 0.1) is 45.0 Å². The molecule has 0 amide bonds. The number of hydrogen-bond donors (Lipinski definition) is 2. The van der Waals surface area contributed by atoms with Gasteiger partial charge in [-0.1, -0.05) is 208 Å². The Labute approximate surface area is 536 Å². The SMILES string of the molecule is CB(O)O.CC.CC.CC.CC.CC.CC.CC.CC.Cc1c2ccccc2c(Br)c2ccccc12.Cc1c2ccccc2c(C)c2ccccc12.[Y].[Y].[c-]1ccccc1-c1[c-]cccc1.[c-]1ccccc1-c1[c-]cccc1. The van der Waals surface area contributed by atoms with Gasteiger partial charge in [0.15, 0.2) is 0 Å². The molecule has 2 nitrogen and oxygen atoms in total. The van der Waals surface area contributed by atoms with E-state index in [9.17, 15) is 0 Å². The molecule has 0 atom stereocenters. The minimum Gasteiger partial charge on any atom is -0.427 e. The summed E-state index contributed by atoms with van der Waals surface area (Å²) in [7, 11) is -1.17. The molecule has 0 saturated heterocycles. The fourth-order valence-electron chi connectivity index (χ4n) is 7.10. The van der Waals surface area contributed by atoms with Gasteiger partial charge in [0.1, 0.15) is 0 Å². The summed E-state index contributed by atoms with van der Waals surface area (Å²) in [5.41, 5.74) is 8.51. The number of fused-ring (bicyclic) bond motifs is 4. The first-order chi connectivity index (χ1) is 37.2. The van der Waals surface area contributed by atoms with Crippen LogP contribution in [0.2, 0.25) is 6.82 Å².